The van der Waals surface area contributed by atoms with Crippen LogP contribution in [0.2, 0.25) is 0 Å². The first-order valence-corrected chi connectivity index (χ1v) is 12.8. The maximum Gasteiger partial charge on any atom is 0.253 e. The van der Waals surface area contributed by atoms with E-state index in [1.807, 2.05) is 24.4 Å². The van der Waals surface area contributed by atoms with Crippen molar-refractivity contribution in [2.24, 2.45) is 0 Å². The molecule has 2 aromatic heterocycles. The van der Waals surface area contributed by atoms with Crippen LogP contribution in [0.4, 0.5) is 5.69 Å². The molecule has 0 radical (unpaired) electrons. The zero-order valence-corrected chi connectivity index (χ0v) is 21.0. The van der Waals surface area contributed by atoms with E-state index in [4.69, 9.17) is 4.98 Å². The first-order chi connectivity index (χ1) is 17.9. The number of aryl methyl sites for hydroxylation is 2. The summed E-state index contributed by atoms with van der Waals surface area (Å²) in [6, 6.07) is 8.08. The lowest BCUT2D eigenvalue weighted by atomic mass is 9.88. The number of H-pyrrole nitrogens is 1. The molecule has 3 amide bonds. The number of unbranched alkanes of at least 4 members (excludes halogenated alkanes) is 1. The van der Waals surface area contributed by atoms with Gasteiger partial charge in [-0.15, -0.1) is 0 Å². The van der Waals surface area contributed by atoms with Crippen molar-refractivity contribution in [2.45, 2.75) is 45.4 Å². The molecule has 1 aliphatic carbocycles. The van der Waals surface area contributed by atoms with Crippen LogP contribution in [0.15, 0.2) is 43.1 Å². The van der Waals surface area contributed by atoms with E-state index in [-0.39, 0.29) is 17.7 Å². The van der Waals surface area contributed by atoms with Crippen molar-refractivity contribution in [1.82, 2.24) is 20.6 Å². The summed E-state index contributed by atoms with van der Waals surface area (Å²) in [5.41, 5.74) is 9.60. The highest BCUT2D eigenvalue weighted by molar-refractivity contribution is 6.01. The van der Waals surface area contributed by atoms with Crippen molar-refractivity contribution in [3.05, 3.63) is 71.1 Å². The van der Waals surface area contributed by atoms with Crippen LogP contribution >= 0.6 is 0 Å². The predicted molar refractivity (Wildman–Crippen MR) is 143 cm³/mol. The van der Waals surface area contributed by atoms with E-state index in [9.17, 15) is 14.4 Å². The number of anilines is 1. The molecular formula is C29H31N5O3. The first-order valence-electron chi connectivity index (χ1n) is 12.8. The van der Waals surface area contributed by atoms with Gasteiger partial charge in [-0.2, -0.15) is 0 Å². The fourth-order valence-electron chi connectivity index (χ4n) is 5.22. The number of carbonyl (C=O) groups excluding carboxylic acids is 3. The normalized spacial score (nSPS) is 13.6. The monoisotopic (exact) mass is 497 g/mol. The molecular weight excluding hydrogens is 466 g/mol. The topological polar surface area (TPSA) is 116 Å². The molecule has 5 rings (SSSR count). The Kier molecular flexibility index (Phi) is 6.90. The van der Waals surface area contributed by atoms with Gasteiger partial charge in [-0.05, 0) is 67.0 Å². The second-order valence-electron chi connectivity index (χ2n) is 9.57. The van der Waals surface area contributed by atoms with Crippen molar-refractivity contribution in [3.8, 4) is 22.5 Å². The standard InChI is InChI=1S/C29H31N5O3/c1-3-26(36)33-25-14-19(8-7-18(25)6-4-5-12-30-17(2)35)24-15-22-20(16-32-24)9-10-21-27-23(34-28(21)22)11-13-31-29(27)37/h3,7-8,14-16,34H,1,4-6,9-13H2,2H3,(H,30,35)(H,31,37)(H,33,36). The molecule has 2 aliphatic rings. The molecule has 8 heteroatoms. The minimum absolute atomic E-state index is 0.00625. The van der Waals surface area contributed by atoms with Crippen LogP contribution in [0.25, 0.3) is 22.5 Å². The Morgan fingerprint density at radius 2 is 2.03 bits per heavy atom. The van der Waals surface area contributed by atoms with Crippen molar-refractivity contribution in [1.29, 1.82) is 0 Å². The summed E-state index contributed by atoms with van der Waals surface area (Å²) >= 11 is 0. The van der Waals surface area contributed by atoms with Gasteiger partial charge in [0.2, 0.25) is 11.8 Å². The Morgan fingerprint density at radius 1 is 1.16 bits per heavy atom. The number of benzene rings is 1. The van der Waals surface area contributed by atoms with E-state index >= 15 is 0 Å². The van der Waals surface area contributed by atoms with E-state index in [1.54, 1.807) is 0 Å². The molecule has 0 atom stereocenters. The van der Waals surface area contributed by atoms with Gasteiger partial charge in [0.15, 0.2) is 0 Å². The van der Waals surface area contributed by atoms with E-state index in [2.05, 4.69) is 33.6 Å². The van der Waals surface area contributed by atoms with Gasteiger partial charge in [-0.3, -0.25) is 19.4 Å². The van der Waals surface area contributed by atoms with Gasteiger partial charge >= 0.3 is 0 Å². The van der Waals surface area contributed by atoms with Gasteiger partial charge in [-0.25, -0.2) is 0 Å². The maximum absolute atomic E-state index is 12.5. The van der Waals surface area contributed by atoms with Crippen LogP contribution in [0.5, 0.6) is 0 Å². The maximum atomic E-state index is 12.5. The third-order valence-corrected chi connectivity index (χ3v) is 7.06. The summed E-state index contributed by atoms with van der Waals surface area (Å²) in [5, 5.41) is 8.72. The highest BCUT2D eigenvalue weighted by Crippen LogP contribution is 2.39. The predicted octanol–water partition coefficient (Wildman–Crippen LogP) is 3.71. The third kappa shape index (κ3) is 5.05. The van der Waals surface area contributed by atoms with Gasteiger partial charge in [0.1, 0.15) is 0 Å². The van der Waals surface area contributed by atoms with E-state index < -0.39 is 0 Å². The molecule has 0 unspecified atom stereocenters. The summed E-state index contributed by atoms with van der Waals surface area (Å²) in [7, 11) is 0. The smallest absolute Gasteiger partial charge is 0.253 e. The van der Waals surface area contributed by atoms with E-state index in [1.165, 1.54) is 13.0 Å². The Hall–Kier alpha value is -4.20. The van der Waals surface area contributed by atoms with Crippen LogP contribution in [0, 0.1) is 0 Å². The molecule has 0 spiro atoms. The molecule has 1 aliphatic heterocycles. The fraction of sp³-hybridized carbons (Fsp3) is 0.310. The summed E-state index contributed by atoms with van der Waals surface area (Å²) in [6.45, 7) is 6.37. The van der Waals surface area contributed by atoms with Crippen LogP contribution in [0.1, 0.15) is 52.5 Å². The highest BCUT2D eigenvalue weighted by Gasteiger charge is 2.29. The van der Waals surface area contributed by atoms with Gasteiger partial charge in [-0.1, -0.05) is 18.7 Å². The molecule has 8 nitrogen and oxygen atoms in total. The largest absolute Gasteiger partial charge is 0.357 e. The number of pyridine rings is 1. The number of carbonyl (C=O) groups is 3. The minimum Gasteiger partial charge on any atom is -0.357 e. The lowest BCUT2D eigenvalue weighted by molar-refractivity contribution is -0.119. The second kappa shape index (κ2) is 10.4. The van der Waals surface area contributed by atoms with Gasteiger partial charge in [0.05, 0.1) is 17.0 Å². The zero-order chi connectivity index (χ0) is 25.9. The van der Waals surface area contributed by atoms with Crippen LogP contribution in [-0.2, 0) is 35.3 Å². The van der Waals surface area contributed by atoms with Crippen LogP contribution in [-0.4, -0.2) is 40.8 Å². The number of aromatic amines is 1. The molecule has 0 saturated carbocycles. The van der Waals surface area contributed by atoms with Crippen LogP contribution < -0.4 is 16.0 Å². The molecule has 0 saturated heterocycles. The van der Waals surface area contributed by atoms with Crippen molar-refractivity contribution < 1.29 is 14.4 Å². The fourth-order valence-corrected chi connectivity index (χ4v) is 5.22. The molecule has 1 aromatic carbocycles. The lowest BCUT2D eigenvalue weighted by Crippen LogP contribution is -2.32. The molecule has 0 bridgehead atoms. The van der Waals surface area contributed by atoms with Crippen LogP contribution in [0.3, 0.4) is 0 Å². The molecule has 4 N–H and O–H groups in total. The summed E-state index contributed by atoms with van der Waals surface area (Å²) in [5.74, 6) is -0.294. The minimum atomic E-state index is -0.269. The summed E-state index contributed by atoms with van der Waals surface area (Å²) in [6.07, 6.45) is 8.14. The molecule has 0 fully saturated rings. The average Bonchev–Trinajstić information content (AvgIpc) is 3.29. The number of hydrogen-bond donors (Lipinski definition) is 4. The summed E-state index contributed by atoms with van der Waals surface area (Å²) < 4.78 is 0. The first kappa shape index (κ1) is 24.5. The third-order valence-electron chi connectivity index (χ3n) is 7.06. The lowest BCUT2D eigenvalue weighted by Gasteiger charge is -2.19. The highest BCUT2D eigenvalue weighted by atomic mass is 16.2. The summed E-state index contributed by atoms with van der Waals surface area (Å²) in [4.78, 5) is 44.1. The number of amides is 3. The number of nitrogens with zero attached hydrogens (tertiary/aromatic N) is 1. The molecule has 190 valence electrons. The van der Waals surface area contributed by atoms with E-state index in [0.29, 0.717) is 13.1 Å². The van der Waals surface area contributed by atoms with E-state index in [0.717, 1.165) is 94.7 Å². The Morgan fingerprint density at radius 3 is 2.84 bits per heavy atom. The average molecular weight is 498 g/mol. The zero-order valence-electron chi connectivity index (χ0n) is 21.0. The molecule has 37 heavy (non-hydrogen) atoms. The van der Waals surface area contributed by atoms with Gasteiger partial charge in [0, 0.05) is 55.1 Å². The SMILES string of the molecule is C=CC(=O)Nc1cc(-c2cc3c(cn2)CCc2c-3[nH]c3c2C(=O)NCC3)ccc1CCCCNC(C)=O. The Bertz CT molecular complexity index is 1400. The number of hydrogen-bond acceptors (Lipinski definition) is 4. The van der Waals surface area contributed by atoms with Gasteiger partial charge < -0.3 is 20.9 Å². The number of aromatic nitrogens is 2. The number of rotatable bonds is 8. The second-order valence-corrected chi connectivity index (χ2v) is 9.57. The molecule has 3 aromatic rings. The molecule has 3 heterocycles. The van der Waals surface area contributed by atoms with Crippen molar-refractivity contribution in [3.63, 3.8) is 0 Å². The number of fused-ring (bicyclic) bond motifs is 5. The quantitative estimate of drug-likeness (QED) is 0.280. The Balaban J connectivity index is 1.45. The van der Waals surface area contributed by atoms with Crippen molar-refractivity contribution >= 4 is 23.4 Å². The van der Waals surface area contributed by atoms with Crippen molar-refractivity contribution in [2.75, 3.05) is 18.4 Å². The Labute approximate surface area is 216 Å². The van der Waals surface area contributed by atoms with Gasteiger partial charge in [0.25, 0.3) is 5.91 Å². The number of nitrogens with one attached hydrogen (secondary N) is 4.